The Bertz CT molecular complexity index is 925. The Hall–Kier alpha value is -3.25. The van der Waals surface area contributed by atoms with E-state index in [9.17, 15) is 9.90 Å². The Morgan fingerprint density at radius 3 is 2.46 bits per heavy atom. The van der Waals surface area contributed by atoms with E-state index in [1.807, 2.05) is 31.2 Å². The van der Waals surface area contributed by atoms with Crippen molar-refractivity contribution in [1.29, 1.82) is 0 Å². The molecule has 0 amide bonds. The molecule has 0 aliphatic rings. The molecule has 6 heteroatoms. The van der Waals surface area contributed by atoms with Crippen molar-refractivity contribution < 1.29 is 14.6 Å². The van der Waals surface area contributed by atoms with Gasteiger partial charge in [0.1, 0.15) is 11.8 Å². The molecule has 0 aliphatic heterocycles. The number of ether oxygens (including phenoxy) is 1. The first kappa shape index (κ1) is 19.5. The highest BCUT2D eigenvalue weighted by atomic mass is 16.5. The van der Waals surface area contributed by atoms with Gasteiger partial charge in [-0.1, -0.05) is 35.9 Å². The molecule has 0 fully saturated rings. The SMILES string of the molecule is COC(=O)[C@H](Cc1ccc(O)cc1)NCc1cnc(-c2cccc(C)c2)nc1. The van der Waals surface area contributed by atoms with E-state index in [1.165, 1.54) is 7.11 Å². The van der Waals surface area contributed by atoms with Crippen LogP contribution in [0.25, 0.3) is 11.4 Å². The molecule has 1 heterocycles. The summed E-state index contributed by atoms with van der Waals surface area (Å²) in [5.41, 5.74) is 3.92. The van der Waals surface area contributed by atoms with E-state index in [4.69, 9.17) is 4.74 Å². The summed E-state index contributed by atoms with van der Waals surface area (Å²) in [7, 11) is 1.37. The number of aromatic hydroxyl groups is 1. The van der Waals surface area contributed by atoms with Gasteiger partial charge in [-0.15, -0.1) is 0 Å². The van der Waals surface area contributed by atoms with Gasteiger partial charge in [-0.25, -0.2) is 9.97 Å². The number of benzene rings is 2. The van der Waals surface area contributed by atoms with E-state index in [2.05, 4.69) is 15.3 Å². The number of phenolic OH excluding ortho intramolecular Hbond substituents is 1. The van der Waals surface area contributed by atoms with Crippen molar-refractivity contribution in [2.24, 2.45) is 0 Å². The molecule has 3 rings (SSSR count). The van der Waals surface area contributed by atoms with E-state index in [-0.39, 0.29) is 11.7 Å². The van der Waals surface area contributed by atoms with Gasteiger partial charge in [0.15, 0.2) is 5.82 Å². The third-order valence-corrected chi connectivity index (χ3v) is 4.40. The lowest BCUT2D eigenvalue weighted by Gasteiger charge is -2.16. The fourth-order valence-electron chi connectivity index (χ4n) is 2.87. The maximum Gasteiger partial charge on any atom is 0.323 e. The number of esters is 1. The number of nitrogens with zero attached hydrogens (tertiary/aromatic N) is 2. The molecule has 0 unspecified atom stereocenters. The van der Waals surface area contributed by atoms with Crippen LogP contribution in [0, 0.1) is 6.92 Å². The van der Waals surface area contributed by atoms with Gasteiger partial charge in [0, 0.05) is 30.1 Å². The molecule has 1 aromatic heterocycles. The topological polar surface area (TPSA) is 84.3 Å². The summed E-state index contributed by atoms with van der Waals surface area (Å²) in [4.78, 5) is 21.0. The van der Waals surface area contributed by atoms with Crippen LogP contribution >= 0.6 is 0 Å². The van der Waals surface area contributed by atoms with Crippen molar-refractivity contribution in [3.63, 3.8) is 0 Å². The molecule has 0 saturated carbocycles. The number of carbonyl (C=O) groups excluding carboxylic acids is 1. The van der Waals surface area contributed by atoms with Crippen molar-refractivity contribution >= 4 is 5.97 Å². The Labute approximate surface area is 164 Å². The average Bonchev–Trinajstić information content (AvgIpc) is 2.72. The quantitative estimate of drug-likeness (QED) is 0.616. The van der Waals surface area contributed by atoms with Crippen LogP contribution in [0.3, 0.4) is 0 Å². The summed E-state index contributed by atoms with van der Waals surface area (Å²) in [5, 5.41) is 12.6. The fraction of sp³-hybridized carbons (Fsp3) is 0.227. The average molecular weight is 377 g/mol. The van der Waals surface area contributed by atoms with Crippen LogP contribution in [0.1, 0.15) is 16.7 Å². The van der Waals surface area contributed by atoms with Gasteiger partial charge >= 0.3 is 5.97 Å². The normalized spacial score (nSPS) is 11.8. The van der Waals surface area contributed by atoms with E-state index < -0.39 is 6.04 Å². The second kappa shape index (κ2) is 9.10. The standard InChI is InChI=1S/C22H23N3O3/c1-15-4-3-5-18(10-15)21-24-13-17(14-25-21)12-23-20(22(27)28-2)11-16-6-8-19(26)9-7-16/h3-10,13-14,20,23,26H,11-12H2,1-2H3/t20-/m0/s1. The number of hydrogen-bond donors (Lipinski definition) is 2. The number of aryl methyl sites for hydroxylation is 1. The Morgan fingerprint density at radius 2 is 1.82 bits per heavy atom. The van der Waals surface area contributed by atoms with Crippen molar-refractivity contribution in [1.82, 2.24) is 15.3 Å². The second-order valence-electron chi connectivity index (χ2n) is 6.61. The molecule has 0 aliphatic carbocycles. The van der Waals surface area contributed by atoms with Crippen molar-refractivity contribution in [3.05, 3.63) is 77.6 Å². The first-order chi connectivity index (χ1) is 13.5. The largest absolute Gasteiger partial charge is 0.508 e. The summed E-state index contributed by atoms with van der Waals surface area (Å²) in [6, 6.07) is 14.3. The Morgan fingerprint density at radius 1 is 1.11 bits per heavy atom. The number of carbonyl (C=O) groups is 1. The molecule has 2 N–H and O–H groups in total. The van der Waals surface area contributed by atoms with E-state index in [0.717, 1.165) is 22.3 Å². The van der Waals surface area contributed by atoms with Crippen LogP contribution in [0.5, 0.6) is 5.75 Å². The molecule has 0 radical (unpaired) electrons. The molecule has 2 aromatic carbocycles. The van der Waals surface area contributed by atoms with Crippen LogP contribution in [0.2, 0.25) is 0 Å². The first-order valence-corrected chi connectivity index (χ1v) is 9.02. The number of methoxy groups -OCH3 is 1. The van der Waals surface area contributed by atoms with E-state index >= 15 is 0 Å². The number of phenols is 1. The lowest BCUT2D eigenvalue weighted by atomic mass is 10.1. The molecule has 0 saturated heterocycles. The Balaban J connectivity index is 1.65. The molecule has 144 valence electrons. The van der Waals surface area contributed by atoms with Gasteiger partial charge in [0.05, 0.1) is 7.11 Å². The lowest BCUT2D eigenvalue weighted by Crippen LogP contribution is -2.39. The smallest absolute Gasteiger partial charge is 0.323 e. The predicted octanol–water partition coefficient (Wildman–Crippen LogP) is 3.03. The van der Waals surface area contributed by atoms with Gasteiger partial charge in [0.25, 0.3) is 0 Å². The van der Waals surface area contributed by atoms with E-state index in [0.29, 0.717) is 18.8 Å². The third kappa shape index (κ3) is 5.14. The minimum Gasteiger partial charge on any atom is -0.508 e. The van der Waals surface area contributed by atoms with Gasteiger partial charge in [-0.2, -0.15) is 0 Å². The molecule has 0 spiro atoms. The highest BCUT2D eigenvalue weighted by molar-refractivity contribution is 5.76. The highest BCUT2D eigenvalue weighted by Gasteiger charge is 2.19. The predicted molar refractivity (Wildman–Crippen MR) is 107 cm³/mol. The van der Waals surface area contributed by atoms with Gasteiger partial charge < -0.3 is 9.84 Å². The number of hydrogen-bond acceptors (Lipinski definition) is 6. The van der Waals surface area contributed by atoms with Gasteiger partial charge in [-0.05, 0) is 37.1 Å². The third-order valence-electron chi connectivity index (χ3n) is 4.40. The number of aromatic nitrogens is 2. The molecule has 6 nitrogen and oxygen atoms in total. The summed E-state index contributed by atoms with van der Waals surface area (Å²) in [6.07, 6.45) is 3.97. The van der Waals surface area contributed by atoms with Crippen molar-refractivity contribution in [2.75, 3.05) is 7.11 Å². The summed E-state index contributed by atoms with van der Waals surface area (Å²) < 4.78 is 4.90. The minimum absolute atomic E-state index is 0.192. The zero-order valence-electron chi connectivity index (χ0n) is 15.9. The fourth-order valence-corrected chi connectivity index (χ4v) is 2.87. The number of nitrogens with one attached hydrogen (secondary N) is 1. The monoisotopic (exact) mass is 377 g/mol. The molecule has 1 atom stereocenters. The first-order valence-electron chi connectivity index (χ1n) is 9.02. The maximum absolute atomic E-state index is 12.1. The van der Waals surface area contributed by atoms with Gasteiger partial charge in [0.2, 0.25) is 0 Å². The van der Waals surface area contributed by atoms with Crippen LogP contribution < -0.4 is 5.32 Å². The molecule has 28 heavy (non-hydrogen) atoms. The minimum atomic E-state index is -0.508. The summed E-state index contributed by atoms with van der Waals surface area (Å²) in [6.45, 7) is 2.47. The van der Waals surface area contributed by atoms with Crippen molar-refractivity contribution in [3.8, 4) is 17.1 Å². The zero-order chi connectivity index (χ0) is 19.9. The summed E-state index contributed by atoms with van der Waals surface area (Å²) in [5.74, 6) is 0.517. The maximum atomic E-state index is 12.1. The molecular weight excluding hydrogens is 354 g/mol. The van der Waals surface area contributed by atoms with Crippen molar-refractivity contribution in [2.45, 2.75) is 25.9 Å². The van der Waals surface area contributed by atoms with Crippen LogP contribution in [-0.4, -0.2) is 34.2 Å². The van der Waals surface area contributed by atoms with Crippen LogP contribution in [0.4, 0.5) is 0 Å². The van der Waals surface area contributed by atoms with Gasteiger partial charge in [-0.3, -0.25) is 10.1 Å². The zero-order valence-corrected chi connectivity index (χ0v) is 15.9. The molecular formula is C22H23N3O3. The second-order valence-corrected chi connectivity index (χ2v) is 6.61. The van der Waals surface area contributed by atoms with Crippen LogP contribution in [-0.2, 0) is 22.5 Å². The number of rotatable bonds is 7. The van der Waals surface area contributed by atoms with Crippen LogP contribution in [0.15, 0.2) is 60.9 Å². The Kier molecular flexibility index (Phi) is 6.34. The molecule has 3 aromatic rings. The van der Waals surface area contributed by atoms with E-state index in [1.54, 1.807) is 36.7 Å². The summed E-state index contributed by atoms with van der Waals surface area (Å²) >= 11 is 0. The molecule has 0 bridgehead atoms. The highest BCUT2D eigenvalue weighted by Crippen LogP contribution is 2.16. The lowest BCUT2D eigenvalue weighted by molar-refractivity contribution is -0.143.